The number of thiazole rings is 1. The monoisotopic (exact) mass is 334 g/mol. The molecule has 23 heavy (non-hydrogen) atoms. The predicted octanol–water partition coefficient (Wildman–Crippen LogP) is 3.20. The van der Waals surface area contributed by atoms with Crippen LogP contribution in [0.3, 0.4) is 0 Å². The molecule has 2 aromatic rings. The SMILES string of the molecule is CCNC(=NCc1sc(C)nc1C)NCCc1ccccc1F. The van der Waals surface area contributed by atoms with Crippen LogP contribution >= 0.6 is 11.3 Å². The molecule has 124 valence electrons. The summed E-state index contributed by atoms with van der Waals surface area (Å²) in [4.78, 5) is 10.2. The number of benzene rings is 1. The molecule has 1 heterocycles. The van der Waals surface area contributed by atoms with E-state index in [0.717, 1.165) is 23.2 Å². The van der Waals surface area contributed by atoms with Crippen LogP contribution in [0.25, 0.3) is 0 Å². The van der Waals surface area contributed by atoms with Gasteiger partial charge in [0.25, 0.3) is 0 Å². The fourth-order valence-corrected chi connectivity index (χ4v) is 3.09. The van der Waals surface area contributed by atoms with Gasteiger partial charge in [-0.2, -0.15) is 0 Å². The quantitative estimate of drug-likeness (QED) is 0.630. The van der Waals surface area contributed by atoms with Crippen molar-refractivity contribution >= 4 is 17.3 Å². The Bertz CT molecular complexity index is 666. The van der Waals surface area contributed by atoms with E-state index in [4.69, 9.17) is 0 Å². The highest BCUT2D eigenvalue weighted by Gasteiger charge is 2.05. The molecule has 0 aliphatic heterocycles. The van der Waals surface area contributed by atoms with Gasteiger partial charge in [-0.3, -0.25) is 0 Å². The molecule has 0 saturated heterocycles. The molecule has 0 atom stereocenters. The average Bonchev–Trinajstić information content (AvgIpc) is 2.84. The van der Waals surface area contributed by atoms with E-state index in [9.17, 15) is 4.39 Å². The topological polar surface area (TPSA) is 49.3 Å². The summed E-state index contributed by atoms with van der Waals surface area (Å²) < 4.78 is 13.6. The van der Waals surface area contributed by atoms with E-state index < -0.39 is 0 Å². The Kier molecular flexibility index (Phi) is 6.52. The van der Waals surface area contributed by atoms with Gasteiger partial charge in [0.1, 0.15) is 5.82 Å². The Hall–Kier alpha value is -1.95. The third kappa shape index (κ3) is 5.32. The highest BCUT2D eigenvalue weighted by molar-refractivity contribution is 7.11. The van der Waals surface area contributed by atoms with Gasteiger partial charge >= 0.3 is 0 Å². The van der Waals surface area contributed by atoms with E-state index in [1.165, 1.54) is 10.9 Å². The Morgan fingerprint density at radius 2 is 2.04 bits per heavy atom. The number of aromatic nitrogens is 1. The standard InChI is InChI=1S/C17H23FN4S/c1-4-19-17(21-11-16-12(2)22-13(3)23-16)20-10-9-14-7-5-6-8-15(14)18/h5-8H,4,9-11H2,1-3H3,(H2,19,20,21). The van der Waals surface area contributed by atoms with Gasteiger partial charge in [0.2, 0.25) is 0 Å². The lowest BCUT2D eigenvalue weighted by atomic mass is 10.1. The molecule has 1 aromatic carbocycles. The summed E-state index contributed by atoms with van der Waals surface area (Å²) in [5.74, 6) is 0.585. The maximum absolute atomic E-state index is 13.6. The van der Waals surface area contributed by atoms with Crippen molar-refractivity contribution < 1.29 is 4.39 Å². The number of rotatable bonds is 6. The number of hydrogen-bond acceptors (Lipinski definition) is 3. The van der Waals surface area contributed by atoms with Crippen molar-refractivity contribution in [3.05, 3.63) is 51.2 Å². The van der Waals surface area contributed by atoms with Crippen LogP contribution in [0.15, 0.2) is 29.3 Å². The van der Waals surface area contributed by atoms with Gasteiger partial charge in [-0.15, -0.1) is 11.3 Å². The maximum Gasteiger partial charge on any atom is 0.191 e. The summed E-state index contributed by atoms with van der Waals surface area (Å²) >= 11 is 1.67. The smallest absolute Gasteiger partial charge is 0.191 e. The zero-order valence-corrected chi connectivity index (χ0v) is 14.6. The van der Waals surface area contributed by atoms with Crippen LogP contribution in [-0.2, 0) is 13.0 Å². The summed E-state index contributed by atoms with van der Waals surface area (Å²) in [6.07, 6.45) is 0.621. The van der Waals surface area contributed by atoms with E-state index >= 15 is 0 Å². The largest absolute Gasteiger partial charge is 0.357 e. The second-order valence-electron chi connectivity index (χ2n) is 5.20. The van der Waals surface area contributed by atoms with Crippen LogP contribution in [0.1, 0.15) is 28.1 Å². The zero-order chi connectivity index (χ0) is 16.7. The van der Waals surface area contributed by atoms with Gasteiger partial charge in [-0.1, -0.05) is 18.2 Å². The van der Waals surface area contributed by atoms with Crippen molar-refractivity contribution in [1.29, 1.82) is 0 Å². The normalized spacial score (nSPS) is 11.6. The fraction of sp³-hybridized carbons (Fsp3) is 0.412. The van der Waals surface area contributed by atoms with E-state index in [-0.39, 0.29) is 5.82 Å². The predicted molar refractivity (Wildman–Crippen MR) is 94.5 cm³/mol. The van der Waals surface area contributed by atoms with Crippen molar-refractivity contribution in [3.63, 3.8) is 0 Å². The molecule has 0 fully saturated rings. The lowest BCUT2D eigenvalue weighted by Gasteiger charge is -2.11. The number of nitrogens with zero attached hydrogens (tertiary/aromatic N) is 2. The van der Waals surface area contributed by atoms with Crippen LogP contribution in [0.4, 0.5) is 4.39 Å². The number of halogens is 1. The van der Waals surface area contributed by atoms with E-state index in [1.54, 1.807) is 17.4 Å². The molecule has 0 aliphatic rings. The summed E-state index contributed by atoms with van der Waals surface area (Å²) in [6.45, 7) is 8.05. The lowest BCUT2D eigenvalue weighted by molar-refractivity contribution is 0.606. The van der Waals surface area contributed by atoms with Gasteiger partial charge in [0.15, 0.2) is 5.96 Å². The summed E-state index contributed by atoms with van der Waals surface area (Å²) in [6, 6.07) is 6.86. The Balaban J connectivity index is 1.91. The number of guanidine groups is 1. The summed E-state index contributed by atoms with van der Waals surface area (Å²) in [7, 11) is 0. The van der Waals surface area contributed by atoms with Gasteiger partial charge < -0.3 is 10.6 Å². The number of aliphatic imine (C=N–C) groups is 1. The maximum atomic E-state index is 13.6. The van der Waals surface area contributed by atoms with Crippen molar-refractivity contribution in [3.8, 4) is 0 Å². The lowest BCUT2D eigenvalue weighted by Crippen LogP contribution is -2.38. The minimum Gasteiger partial charge on any atom is -0.357 e. The molecule has 0 bridgehead atoms. The average molecular weight is 334 g/mol. The second-order valence-corrected chi connectivity index (χ2v) is 6.49. The molecule has 0 radical (unpaired) electrons. The zero-order valence-electron chi connectivity index (χ0n) is 13.8. The molecule has 2 N–H and O–H groups in total. The Morgan fingerprint density at radius 1 is 1.26 bits per heavy atom. The molecule has 0 aliphatic carbocycles. The number of nitrogens with one attached hydrogen (secondary N) is 2. The minimum atomic E-state index is -0.160. The molecular formula is C17H23FN4S. The van der Waals surface area contributed by atoms with Crippen molar-refractivity contribution in [1.82, 2.24) is 15.6 Å². The first-order chi connectivity index (χ1) is 11.1. The van der Waals surface area contributed by atoms with E-state index in [2.05, 4.69) is 20.6 Å². The molecular weight excluding hydrogens is 311 g/mol. The number of hydrogen-bond donors (Lipinski definition) is 2. The highest BCUT2D eigenvalue weighted by atomic mass is 32.1. The molecule has 0 unspecified atom stereocenters. The first-order valence-corrected chi connectivity index (χ1v) is 8.60. The van der Waals surface area contributed by atoms with Gasteiger partial charge in [0, 0.05) is 18.0 Å². The van der Waals surface area contributed by atoms with E-state index in [0.29, 0.717) is 25.1 Å². The molecule has 1 aromatic heterocycles. The van der Waals surface area contributed by atoms with Crippen molar-refractivity contribution in [2.24, 2.45) is 4.99 Å². The molecule has 0 saturated carbocycles. The van der Waals surface area contributed by atoms with Crippen molar-refractivity contribution in [2.45, 2.75) is 33.7 Å². The summed E-state index contributed by atoms with van der Waals surface area (Å²) in [5, 5.41) is 7.52. The summed E-state index contributed by atoms with van der Waals surface area (Å²) in [5.41, 5.74) is 1.75. The highest BCUT2D eigenvalue weighted by Crippen LogP contribution is 2.17. The Labute approximate surface area is 140 Å². The minimum absolute atomic E-state index is 0.160. The van der Waals surface area contributed by atoms with Gasteiger partial charge in [-0.05, 0) is 38.8 Å². The van der Waals surface area contributed by atoms with Crippen LogP contribution in [-0.4, -0.2) is 24.0 Å². The first-order valence-electron chi connectivity index (χ1n) is 7.78. The third-order valence-corrected chi connectivity index (χ3v) is 4.43. The van der Waals surface area contributed by atoms with Crippen LogP contribution in [0.5, 0.6) is 0 Å². The van der Waals surface area contributed by atoms with Gasteiger partial charge in [-0.25, -0.2) is 14.4 Å². The molecule has 0 amide bonds. The van der Waals surface area contributed by atoms with Crippen LogP contribution in [0.2, 0.25) is 0 Å². The first kappa shape index (κ1) is 17.4. The molecule has 4 nitrogen and oxygen atoms in total. The fourth-order valence-electron chi connectivity index (χ4n) is 2.23. The number of aryl methyl sites for hydroxylation is 2. The molecule has 2 rings (SSSR count). The van der Waals surface area contributed by atoms with Crippen molar-refractivity contribution in [2.75, 3.05) is 13.1 Å². The van der Waals surface area contributed by atoms with Crippen LogP contribution < -0.4 is 10.6 Å². The molecule has 0 spiro atoms. The third-order valence-electron chi connectivity index (χ3n) is 3.37. The van der Waals surface area contributed by atoms with E-state index in [1.807, 2.05) is 32.9 Å². The van der Waals surface area contributed by atoms with Crippen LogP contribution in [0, 0.1) is 19.7 Å². The van der Waals surface area contributed by atoms with Gasteiger partial charge in [0.05, 0.1) is 17.2 Å². The second kappa shape index (κ2) is 8.62. The molecule has 6 heteroatoms. The Morgan fingerprint density at radius 3 is 2.70 bits per heavy atom.